The minimum atomic E-state index is -1.12. The molecule has 0 bridgehead atoms. The molecule has 2 aromatic rings. The first-order valence-electron chi connectivity index (χ1n) is 8.34. The first-order valence-corrected chi connectivity index (χ1v) is 8.34. The number of hydrogen-bond donors (Lipinski definition) is 2. The van der Waals surface area contributed by atoms with Gasteiger partial charge in [-0.2, -0.15) is 0 Å². The number of ether oxygens (including phenoxy) is 1. The van der Waals surface area contributed by atoms with Gasteiger partial charge in [-0.05, 0) is 23.6 Å². The summed E-state index contributed by atoms with van der Waals surface area (Å²) in [6.45, 7) is 0. The highest BCUT2D eigenvalue weighted by Gasteiger charge is 2.25. The summed E-state index contributed by atoms with van der Waals surface area (Å²) in [5.41, 5.74) is 5.99. The average molecular weight is 385 g/mol. The van der Waals surface area contributed by atoms with Gasteiger partial charge in [0.15, 0.2) is 0 Å². The molecule has 9 heteroatoms. The number of nitrogens with one attached hydrogen (secondary N) is 1. The van der Waals surface area contributed by atoms with Gasteiger partial charge in [-0.25, -0.2) is 4.79 Å². The van der Waals surface area contributed by atoms with Crippen molar-refractivity contribution in [1.82, 2.24) is 5.32 Å². The largest absolute Gasteiger partial charge is 0.467 e. The Bertz CT molecular complexity index is 898. The quantitative estimate of drug-likeness (QED) is 0.403. The van der Waals surface area contributed by atoms with E-state index in [-0.39, 0.29) is 24.1 Å². The predicted molar refractivity (Wildman–Crippen MR) is 100 cm³/mol. The summed E-state index contributed by atoms with van der Waals surface area (Å²) in [5, 5.41) is 13.6. The first kappa shape index (κ1) is 20.6. The second-order valence-corrected chi connectivity index (χ2v) is 5.91. The lowest BCUT2D eigenvalue weighted by atomic mass is 9.98. The first-order chi connectivity index (χ1) is 13.3. The molecular formula is C19H19N3O6. The summed E-state index contributed by atoms with van der Waals surface area (Å²) >= 11 is 0. The Morgan fingerprint density at radius 2 is 1.86 bits per heavy atom. The number of nitro groups is 1. The highest BCUT2D eigenvalue weighted by molar-refractivity contribution is 6.03. The number of non-ortho nitro benzene ring substituents is 1. The molecule has 0 fully saturated rings. The van der Waals surface area contributed by atoms with Crippen LogP contribution in [-0.4, -0.2) is 35.9 Å². The van der Waals surface area contributed by atoms with E-state index in [0.717, 1.165) is 13.2 Å². The maximum Gasteiger partial charge on any atom is 0.328 e. The van der Waals surface area contributed by atoms with Gasteiger partial charge in [0, 0.05) is 18.6 Å². The lowest BCUT2D eigenvalue weighted by Crippen LogP contribution is -2.42. The molecule has 0 saturated carbocycles. The zero-order valence-corrected chi connectivity index (χ0v) is 15.1. The Labute approximate surface area is 160 Å². The molecular weight excluding hydrogens is 366 g/mol. The summed E-state index contributed by atoms with van der Waals surface area (Å²) in [7, 11) is 1.15. The maximum atomic E-state index is 12.8. The van der Waals surface area contributed by atoms with Crippen molar-refractivity contribution in [3.63, 3.8) is 0 Å². The van der Waals surface area contributed by atoms with Crippen LogP contribution in [0.15, 0.2) is 48.5 Å². The van der Waals surface area contributed by atoms with Crippen molar-refractivity contribution < 1.29 is 24.0 Å². The number of carbonyl (C=O) groups is 3. The predicted octanol–water partition coefficient (Wildman–Crippen LogP) is 1.80. The molecule has 9 nitrogen and oxygen atoms in total. The Morgan fingerprint density at radius 3 is 2.43 bits per heavy atom. The zero-order chi connectivity index (χ0) is 20.7. The summed E-state index contributed by atoms with van der Waals surface area (Å²) in [6.07, 6.45) is -0.191. The van der Waals surface area contributed by atoms with E-state index in [4.69, 9.17) is 5.73 Å². The van der Waals surface area contributed by atoms with Crippen LogP contribution in [0.4, 0.5) is 5.69 Å². The van der Waals surface area contributed by atoms with Crippen LogP contribution in [-0.2, 0) is 14.3 Å². The molecule has 0 radical (unpaired) electrons. The monoisotopic (exact) mass is 385 g/mol. The van der Waals surface area contributed by atoms with Crippen molar-refractivity contribution in [3.8, 4) is 11.1 Å². The SMILES string of the molecule is COC(=O)[C@H](CCC(N)=O)NC(=O)c1cc([N+](=O)[O-])ccc1-c1ccccc1. The van der Waals surface area contributed by atoms with Crippen molar-refractivity contribution in [3.05, 3.63) is 64.2 Å². The second kappa shape index (κ2) is 9.26. The average Bonchev–Trinajstić information content (AvgIpc) is 2.70. The molecule has 2 amide bonds. The number of nitrogens with two attached hydrogens (primary N) is 1. The van der Waals surface area contributed by atoms with Gasteiger partial charge in [0.05, 0.1) is 17.6 Å². The lowest BCUT2D eigenvalue weighted by molar-refractivity contribution is -0.384. The summed E-state index contributed by atoms with van der Waals surface area (Å²) in [5.74, 6) is -2.09. The van der Waals surface area contributed by atoms with E-state index in [0.29, 0.717) is 11.1 Å². The highest BCUT2D eigenvalue weighted by Crippen LogP contribution is 2.27. The van der Waals surface area contributed by atoms with Crippen molar-refractivity contribution in [2.75, 3.05) is 7.11 Å². The maximum absolute atomic E-state index is 12.8. The van der Waals surface area contributed by atoms with Crippen LogP contribution in [0.3, 0.4) is 0 Å². The zero-order valence-electron chi connectivity index (χ0n) is 15.1. The van der Waals surface area contributed by atoms with Gasteiger partial charge in [0.2, 0.25) is 5.91 Å². The minimum Gasteiger partial charge on any atom is -0.467 e. The topological polar surface area (TPSA) is 142 Å². The molecule has 0 unspecified atom stereocenters. The van der Waals surface area contributed by atoms with Crippen LogP contribution >= 0.6 is 0 Å². The Kier molecular flexibility index (Phi) is 6.80. The van der Waals surface area contributed by atoms with E-state index in [1.54, 1.807) is 30.3 Å². The number of methoxy groups -OCH3 is 1. The van der Waals surface area contributed by atoms with Crippen molar-refractivity contribution >= 4 is 23.5 Å². The smallest absolute Gasteiger partial charge is 0.328 e. The fourth-order valence-corrected chi connectivity index (χ4v) is 2.62. The van der Waals surface area contributed by atoms with Crippen LogP contribution in [0.2, 0.25) is 0 Å². The van der Waals surface area contributed by atoms with Gasteiger partial charge in [-0.3, -0.25) is 19.7 Å². The van der Waals surface area contributed by atoms with E-state index in [9.17, 15) is 24.5 Å². The fourth-order valence-electron chi connectivity index (χ4n) is 2.62. The number of rotatable bonds is 8. The van der Waals surface area contributed by atoms with Crippen LogP contribution in [0, 0.1) is 10.1 Å². The molecule has 2 aromatic carbocycles. The fraction of sp³-hybridized carbons (Fsp3) is 0.211. The third-order valence-corrected chi connectivity index (χ3v) is 4.01. The van der Waals surface area contributed by atoms with E-state index in [1.165, 1.54) is 12.1 Å². The molecule has 0 aliphatic rings. The summed E-state index contributed by atoms with van der Waals surface area (Å²) in [4.78, 5) is 46.3. The van der Waals surface area contributed by atoms with E-state index in [1.807, 2.05) is 0 Å². The standard InChI is InChI=1S/C19H19N3O6/c1-28-19(25)16(9-10-17(20)23)21-18(24)15-11-13(22(26)27)7-8-14(15)12-5-3-2-4-6-12/h2-8,11,16H,9-10H2,1H3,(H2,20,23)(H,21,24)/t16-/m0/s1. The number of carbonyl (C=O) groups excluding carboxylic acids is 3. The molecule has 0 aromatic heterocycles. The molecule has 28 heavy (non-hydrogen) atoms. The van der Waals surface area contributed by atoms with Crippen molar-refractivity contribution in [1.29, 1.82) is 0 Å². The number of amides is 2. The van der Waals surface area contributed by atoms with Crippen LogP contribution in [0.5, 0.6) is 0 Å². The van der Waals surface area contributed by atoms with Gasteiger partial charge in [-0.1, -0.05) is 30.3 Å². The molecule has 0 heterocycles. The number of benzene rings is 2. The van der Waals surface area contributed by atoms with Crippen LogP contribution in [0.25, 0.3) is 11.1 Å². The molecule has 146 valence electrons. The third-order valence-electron chi connectivity index (χ3n) is 4.01. The van der Waals surface area contributed by atoms with Crippen molar-refractivity contribution in [2.45, 2.75) is 18.9 Å². The van der Waals surface area contributed by atoms with Crippen LogP contribution in [0.1, 0.15) is 23.2 Å². The Morgan fingerprint density at radius 1 is 1.18 bits per heavy atom. The number of hydrogen-bond acceptors (Lipinski definition) is 6. The molecule has 0 saturated heterocycles. The minimum absolute atomic E-state index is 0.0216. The number of esters is 1. The molecule has 2 rings (SSSR count). The van der Waals surface area contributed by atoms with Gasteiger partial charge in [-0.15, -0.1) is 0 Å². The summed E-state index contributed by atoms with van der Waals surface area (Å²) < 4.78 is 4.64. The number of primary amides is 1. The number of nitro benzene ring substituents is 1. The Balaban J connectivity index is 2.40. The number of nitrogens with zero attached hydrogens (tertiary/aromatic N) is 1. The molecule has 0 aliphatic carbocycles. The third kappa shape index (κ3) is 5.13. The molecule has 1 atom stereocenters. The van der Waals surface area contributed by atoms with Gasteiger partial charge < -0.3 is 15.8 Å². The highest BCUT2D eigenvalue weighted by atomic mass is 16.6. The van der Waals surface area contributed by atoms with E-state index >= 15 is 0 Å². The van der Waals surface area contributed by atoms with Gasteiger partial charge in [0.1, 0.15) is 6.04 Å². The normalized spacial score (nSPS) is 11.3. The Hall–Kier alpha value is -3.75. The van der Waals surface area contributed by atoms with E-state index in [2.05, 4.69) is 10.1 Å². The van der Waals surface area contributed by atoms with Gasteiger partial charge in [0.25, 0.3) is 11.6 Å². The van der Waals surface area contributed by atoms with Crippen LogP contribution < -0.4 is 11.1 Å². The lowest BCUT2D eigenvalue weighted by Gasteiger charge is -2.17. The summed E-state index contributed by atoms with van der Waals surface area (Å²) in [6, 6.07) is 11.6. The molecule has 0 aliphatic heterocycles. The second-order valence-electron chi connectivity index (χ2n) is 5.91. The molecule has 3 N–H and O–H groups in total. The van der Waals surface area contributed by atoms with Gasteiger partial charge >= 0.3 is 5.97 Å². The van der Waals surface area contributed by atoms with E-state index < -0.39 is 28.7 Å². The van der Waals surface area contributed by atoms with Crippen molar-refractivity contribution in [2.24, 2.45) is 5.73 Å². The molecule has 0 spiro atoms.